The molecule has 0 saturated heterocycles. The third kappa shape index (κ3) is 202. The third-order valence-electron chi connectivity index (χ3n) is 0.816. The average molecular weight is 304 g/mol. The summed E-state index contributed by atoms with van der Waals surface area (Å²) in [6.07, 6.45) is -3.67. The normalized spacial score (nSPS) is 8.40. The Morgan fingerprint density at radius 1 is 0.750 bits per heavy atom. The number of carboxylic acid groups (broad SMARTS) is 4. The minimum atomic E-state index is -1.83. The molecule has 0 aliphatic rings. The van der Waals surface area contributed by atoms with Crippen molar-refractivity contribution in [1.29, 1.82) is 0 Å². The van der Waals surface area contributed by atoms with Gasteiger partial charge >= 0.3 is 12.3 Å². The van der Waals surface area contributed by atoms with Crippen LogP contribution in [-0.2, 0) is 9.78 Å². The fourth-order valence-electron chi connectivity index (χ4n) is 0.298. The maximum Gasteiger partial charge on any atom is 0.503 e. The van der Waals surface area contributed by atoms with Gasteiger partial charge in [-0.2, -0.15) is 0 Å². The quantitative estimate of drug-likeness (QED) is 0.334. The summed E-state index contributed by atoms with van der Waals surface area (Å²) in [6.45, 7) is 8.74. The molecule has 0 fully saturated rings. The highest BCUT2D eigenvalue weighted by Crippen LogP contribution is 1.88. The molecule has 0 aliphatic carbocycles. The van der Waals surface area contributed by atoms with Gasteiger partial charge in [0, 0.05) is 0 Å². The largest absolute Gasteiger partial charge is 0.503 e. The first-order valence-electron chi connectivity index (χ1n) is 5.37. The Bertz CT molecular complexity index is 174. The molecule has 0 heterocycles. The third-order valence-corrected chi connectivity index (χ3v) is 0.816. The Labute approximate surface area is 116 Å². The van der Waals surface area contributed by atoms with E-state index in [1.807, 2.05) is 27.7 Å². The van der Waals surface area contributed by atoms with Gasteiger partial charge in [0.1, 0.15) is 0 Å². The van der Waals surface area contributed by atoms with Crippen LogP contribution in [0.5, 0.6) is 0 Å². The monoisotopic (exact) mass is 304 g/mol. The summed E-state index contributed by atoms with van der Waals surface area (Å²) in [7, 11) is 0. The lowest BCUT2D eigenvalue weighted by Gasteiger charge is -1.95. The Kier molecular flexibility index (Phi) is 30.3. The van der Waals surface area contributed by atoms with Crippen molar-refractivity contribution in [2.24, 2.45) is 11.8 Å². The van der Waals surface area contributed by atoms with Crippen LogP contribution in [0.3, 0.4) is 0 Å². The lowest BCUT2D eigenvalue weighted by Crippen LogP contribution is -1.96. The Balaban J connectivity index is -0.0000000871. The molecule has 0 amide bonds. The molecule has 20 heavy (non-hydrogen) atoms. The zero-order valence-electron chi connectivity index (χ0n) is 11.9. The molecular formula is C10H24O10. The van der Waals surface area contributed by atoms with Gasteiger partial charge in [0.15, 0.2) is 0 Å². The van der Waals surface area contributed by atoms with Crippen molar-refractivity contribution in [3.8, 4) is 0 Å². The SMILES string of the molecule is CC(C)COO.CC(C)COO.O=C(O)O.O=C(O)O. The average Bonchev–Trinajstić information content (AvgIpc) is 2.15. The van der Waals surface area contributed by atoms with Gasteiger partial charge in [0.05, 0.1) is 13.2 Å². The number of rotatable bonds is 4. The summed E-state index contributed by atoms with van der Waals surface area (Å²) in [5.74, 6) is 0.852. The first-order chi connectivity index (χ1) is 9.00. The van der Waals surface area contributed by atoms with Crippen molar-refractivity contribution in [3.05, 3.63) is 0 Å². The Morgan fingerprint density at radius 3 is 0.900 bits per heavy atom. The molecule has 0 aliphatic heterocycles. The van der Waals surface area contributed by atoms with E-state index in [4.69, 9.17) is 40.5 Å². The zero-order chi connectivity index (χ0) is 17.1. The van der Waals surface area contributed by atoms with Gasteiger partial charge in [0.25, 0.3) is 0 Å². The summed E-state index contributed by atoms with van der Waals surface area (Å²) in [5, 5.41) is 43.4. The van der Waals surface area contributed by atoms with Gasteiger partial charge in [-0.1, -0.05) is 27.7 Å². The molecule has 0 radical (unpaired) electrons. The molecule has 10 heteroatoms. The van der Waals surface area contributed by atoms with E-state index < -0.39 is 12.3 Å². The van der Waals surface area contributed by atoms with E-state index in [0.717, 1.165) is 0 Å². The zero-order valence-corrected chi connectivity index (χ0v) is 11.9. The van der Waals surface area contributed by atoms with E-state index in [2.05, 4.69) is 9.78 Å². The fourth-order valence-corrected chi connectivity index (χ4v) is 0.298. The Hall–Kier alpha value is -1.62. The van der Waals surface area contributed by atoms with Gasteiger partial charge in [-0.3, -0.25) is 10.5 Å². The van der Waals surface area contributed by atoms with Gasteiger partial charge in [-0.25, -0.2) is 19.4 Å². The van der Waals surface area contributed by atoms with Crippen molar-refractivity contribution < 1.29 is 50.3 Å². The van der Waals surface area contributed by atoms with Crippen LogP contribution < -0.4 is 0 Å². The van der Waals surface area contributed by atoms with Gasteiger partial charge in [-0.05, 0) is 11.8 Å². The predicted molar refractivity (Wildman–Crippen MR) is 68.1 cm³/mol. The lowest BCUT2D eigenvalue weighted by atomic mass is 10.2. The van der Waals surface area contributed by atoms with E-state index in [0.29, 0.717) is 25.0 Å². The second-order valence-corrected chi connectivity index (χ2v) is 3.94. The van der Waals surface area contributed by atoms with Crippen LogP contribution in [0.1, 0.15) is 27.7 Å². The topological polar surface area (TPSA) is 174 Å². The van der Waals surface area contributed by atoms with E-state index in [9.17, 15) is 0 Å². The Morgan fingerprint density at radius 2 is 0.900 bits per heavy atom. The second kappa shape index (κ2) is 22.6. The standard InChI is InChI=1S/2C4H10O2.2CH2O3/c2*1-4(2)3-6-5;2*2-1(3)4/h2*4-5H,3H2,1-2H3;2*(H2,2,3,4). The molecule has 6 N–H and O–H groups in total. The molecule has 124 valence electrons. The van der Waals surface area contributed by atoms with Crippen LogP contribution >= 0.6 is 0 Å². The molecule has 0 bridgehead atoms. The molecule has 0 saturated carbocycles. The molecule has 0 atom stereocenters. The number of hydrogen-bond donors (Lipinski definition) is 6. The van der Waals surface area contributed by atoms with E-state index in [-0.39, 0.29) is 0 Å². The summed E-state index contributed by atoms with van der Waals surface area (Å²) >= 11 is 0. The summed E-state index contributed by atoms with van der Waals surface area (Å²) in [5.41, 5.74) is 0. The van der Waals surface area contributed by atoms with Gasteiger partial charge in [-0.15, -0.1) is 0 Å². The lowest BCUT2D eigenvalue weighted by molar-refractivity contribution is -0.248. The molecule has 0 rings (SSSR count). The summed E-state index contributed by atoms with van der Waals surface area (Å²) in [4.78, 5) is 24.7. The van der Waals surface area contributed by atoms with E-state index in [1.165, 1.54) is 0 Å². The molecule has 0 aromatic heterocycles. The first kappa shape index (κ1) is 26.8. The molecule has 0 aromatic rings. The van der Waals surface area contributed by atoms with Crippen molar-refractivity contribution in [2.75, 3.05) is 13.2 Å². The summed E-state index contributed by atoms with van der Waals surface area (Å²) < 4.78 is 0. The smallest absolute Gasteiger partial charge is 0.450 e. The van der Waals surface area contributed by atoms with Crippen molar-refractivity contribution in [3.63, 3.8) is 0 Å². The number of carbonyl (C=O) groups is 2. The molecule has 0 unspecified atom stereocenters. The molecule has 0 spiro atoms. The minimum absolute atomic E-state index is 0.426. The van der Waals surface area contributed by atoms with E-state index in [1.54, 1.807) is 0 Å². The molecular weight excluding hydrogens is 280 g/mol. The number of hydrogen-bond acceptors (Lipinski definition) is 6. The first-order valence-corrected chi connectivity index (χ1v) is 5.37. The highest BCUT2D eigenvalue weighted by molar-refractivity contribution is 5.53. The van der Waals surface area contributed by atoms with Crippen LogP contribution in [-0.4, -0.2) is 56.5 Å². The van der Waals surface area contributed by atoms with Crippen LogP contribution in [0.4, 0.5) is 9.59 Å². The maximum atomic E-state index is 8.56. The molecule has 0 aromatic carbocycles. The van der Waals surface area contributed by atoms with E-state index >= 15 is 0 Å². The van der Waals surface area contributed by atoms with Gasteiger partial charge in [0.2, 0.25) is 0 Å². The van der Waals surface area contributed by atoms with Crippen molar-refractivity contribution in [2.45, 2.75) is 27.7 Å². The van der Waals surface area contributed by atoms with Crippen molar-refractivity contribution in [1.82, 2.24) is 0 Å². The minimum Gasteiger partial charge on any atom is -0.450 e. The highest BCUT2D eigenvalue weighted by atomic mass is 17.1. The highest BCUT2D eigenvalue weighted by Gasteiger charge is 1.88. The van der Waals surface area contributed by atoms with Crippen LogP contribution in [0.15, 0.2) is 0 Å². The van der Waals surface area contributed by atoms with Crippen LogP contribution in [0.25, 0.3) is 0 Å². The van der Waals surface area contributed by atoms with Crippen LogP contribution in [0.2, 0.25) is 0 Å². The van der Waals surface area contributed by atoms with Crippen LogP contribution in [0, 0.1) is 11.8 Å². The predicted octanol–water partition coefficient (Wildman–Crippen LogP) is 2.71. The molecule has 10 nitrogen and oxygen atoms in total. The maximum absolute atomic E-state index is 8.56. The summed E-state index contributed by atoms with van der Waals surface area (Å²) in [6, 6.07) is 0. The van der Waals surface area contributed by atoms with Gasteiger partial charge < -0.3 is 20.4 Å². The fraction of sp³-hybridized carbons (Fsp3) is 0.800. The second-order valence-electron chi connectivity index (χ2n) is 3.94. The van der Waals surface area contributed by atoms with Crippen molar-refractivity contribution >= 4 is 12.3 Å².